The quantitative estimate of drug-likeness (QED) is 0.560. The van der Waals surface area contributed by atoms with Gasteiger partial charge in [-0.2, -0.15) is 5.10 Å². The summed E-state index contributed by atoms with van der Waals surface area (Å²) in [5.41, 5.74) is 0.0366. The number of fused-ring (bicyclic) bond motifs is 1. The van der Waals surface area contributed by atoms with Crippen molar-refractivity contribution in [2.45, 2.75) is 7.43 Å². The summed E-state index contributed by atoms with van der Waals surface area (Å²) in [6.07, 6.45) is 1.36. The minimum atomic E-state index is -1.09. The number of para-hydroxylation sites is 1. The summed E-state index contributed by atoms with van der Waals surface area (Å²) >= 11 is 0. The van der Waals surface area contributed by atoms with Crippen molar-refractivity contribution in [3.63, 3.8) is 0 Å². The van der Waals surface area contributed by atoms with Gasteiger partial charge >= 0.3 is 5.97 Å². The lowest BCUT2D eigenvalue weighted by molar-refractivity contribution is 0.0697. The minimum Gasteiger partial charge on any atom is -0.478 e. The monoisotopic (exact) mass is 383 g/mol. The van der Waals surface area contributed by atoms with Crippen LogP contribution in [-0.4, -0.2) is 25.8 Å². The van der Waals surface area contributed by atoms with Crippen LogP contribution in [-0.2, 0) is 0 Å². The molecule has 0 radical (unpaired) electrons. The molecular weight excluding hydrogens is 368 g/mol. The number of nitrogens with zero attached hydrogens (tertiary/aromatic N) is 2. The molecule has 0 bridgehead atoms. The maximum Gasteiger partial charge on any atom is 0.335 e. The van der Waals surface area contributed by atoms with Gasteiger partial charge in [-0.1, -0.05) is 25.6 Å². The Labute approximate surface area is 157 Å². The molecule has 0 aliphatic heterocycles. The first-order valence-electron chi connectivity index (χ1n) is 7.86. The molecule has 4 aromatic rings. The summed E-state index contributed by atoms with van der Waals surface area (Å²) in [5.74, 6) is -2.75. The fourth-order valence-corrected chi connectivity index (χ4v) is 2.91. The van der Waals surface area contributed by atoms with Crippen LogP contribution in [0.3, 0.4) is 0 Å². The summed E-state index contributed by atoms with van der Waals surface area (Å²) in [5, 5.41) is 13.4. The minimum absolute atomic E-state index is 0. The van der Waals surface area contributed by atoms with Crippen LogP contribution < -0.4 is 5.56 Å². The largest absolute Gasteiger partial charge is 0.478 e. The Balaban J connectivity index is 0.00000225. The van der Waals surface area contributed by atoms with E-state index >= 15 is 0 Å². The number of hydrogen-bond donors (Lipinski definition) is 2. The first-order valence-corrected chi connectivity index (χ1v) is 7.86. The fourth-order valence-electron chi connectivity index (χ4n) is 2.91. The van der Waals surface area contributed by atoms with Gasteiger partial charge in [0.05, 0.1) is 16.5 Å². The molecule has 0 aliphatic rings. The number of aromatic amines is 1. The van der Waals surface area contributed by atoms with Crippen molar-refractivity contribution in [3.05, 3.63) is 82.3 Å². The van der Waals surface area contributed by atoms with E-state index in [4.69, 9.17) is 5.11 Å². The highest BCUT2D eigenvalue weighted by Gasteiger charge is 2.20. The van der Waals surface area contributed by atoms with Crippen LogP contribution in [0.2, 0.25) is 0 Å². The standard InChI is InChI=1S/C19H11F2N3O3.CH4/c20-12-2-1-3-13(21)17(12)24-14-8-9-22-18(25)15(14)16(23-24)10-4-6-11(7-5-10)19(26)27;/h1-9H,(H,22,25)(H,26,27);1H4. The van der Waals surface area contributed by atoms with E-state index in [0.29, 0.717) is 5.56 Å². The molecule has 2 heterocycles. The maximum atomic E-state index is 14.3. The molecule has 0 unspecified atom stereocenters. The van der Waals surface area contributed by atoms with Crippen molar-refractivity contribution in [1.29, 1.82) is 0 Å². The molecule has 0 saturated heterocycles. The molecule has 0 atom stereocenters. The van der Waals surface area contributed by atoms with Gasteiger partial charge in [0.15, 0.2) is 11.6 Å². The average Bonchev–Trinajstić information content (AvgIpc) is 3.02. The summed E-state index contributed by atoms with van der Waals surface area (Å²) in [7, 11) is 0. The second-order valence-electron chi connectivity index (χ2n) is 5.78. The van der Waals surface area contributed by atoms with Crippen LogP contribution in [0.5, 0.6) is 0 Å². The van der Waals surface area contributed by atoms with Crippen molar-refractivity contribution in [2.24, 2.45) is 0 Å². The van der Waals surface area contributed by atoms with Gasteiger partial charge < -0.3 is 10.1 Å². The van der Waals surface area contributed by atoms with Gasteiger partial charge in [0.1, 0.15) is 11.4 Å². The number of benzene rings is 2. The van der Waals surface area contributed by atoms with Crippen molar-refractivity contribution in [1.82, 2.24) is 14.8 Å². The molecular formula is C20H15F2N3O3. The number of H-pyrrole nitrogens is 1. The second kappa shape index (κ2) is 7.07. The molecule has 142 valence electrons. The van der Waals surface area contributed by atoms with Gasteiger partial charge in [0.25, 0.3) is 5.56 Å². The SMILES string of the molecule is C.O=C(O)c1ccc(-c2nn(-c3c(F)cccc3F)c3cc[nH]c(=O)c23)cc1. The lowest BCUT2D eigenvalue weighted by atomic mass is 10.1. The number of pyridine rings is 1. The number of halogens is 2. The second-order valence-corrected chi connectivity index (χ2v) is 5.78. The van der Waals surface area contributed by atoms with Gasteiger partial charge in [-0.15, -0.1) is 0 Å². The van der Waals surface area contributed by atoms with Crippen LogP contribution in [0.25, 0.3) is 27.8 Å². The summed E-state index contributed by atoms with van der Waals surface area (Å²) < 4.78 is 29.6. The van der Waals surface area contributed by atoms with Crippen molar-refractivity contribution < 1.29 is 18.7 Å². The number of nitrogens with one attached hydrogen (secondary N) is 1. The molecule has 2 aromatic carbocycles. The Morgan fingerprint density at radius 1 is 1.04 bits per heavy atom. The molecule has 0 spiro atoms. The van der Waals surface area contributed by atoms with Gasteiger partial charge in [-0.25, -0.2) is 18.3 Å². The molecule has 0 aliphatic carbocycles. The molecule has 8 heteroatoms. The topological polar surface area (TPSA) is 88.0 Å². The molecule has 0 saturated carbocycles. The first-order chi connectivity index (χ1) is 13.0. The average molecular weight is 383 g/mol. The summed E-state index contributed by atoms with van der Waals surface area (Å²) in [6.45, 7) is 0. The zero-order valence-electron chi connectivity index (χ0n) is 13.6. The van der Waals surface area contributed by atoms with E-state index in [2.05, 4.69) is 10.1 Å². The number of rotatable bonds is 3. The predicted molar refractivity (Wildman–Crippen MR) is 101 cm³/mol. The number of hydrogen-bond acceptors (Lipinski definition) is 3. The third kappa shape index (κ3) is 2.94. The van der Waals surface area contributed by atoms with Gasteiger partial charge in [-0.3, -0.25) is 4.79 Å². The van der Waals surface area contributed by atoms with Crippen LogP contribution >= 0.6 is 0 Å². The summed E-state index contributed by atoms with van der Waals surface area (Å²) in [4.78, 5) is 25.9. The predicted octanol–water partition coefficient (Wildman–Crippen LogP) is 3.99. The number of carboxylic acid groups (broad SMARTS) is 1. The highest BCUT2D eigenvalue weighted by Crippen LogP contribution is 2.29. The third-order valence-electron chi connectivity index (χ3n) is 4.16. The Kier molecular flexibility index (Phi) is 4.79. The zero-order chi connectivity index (χ0) is 19.1. The van der Waals surface area contributed by atoms with Gasteiger partial charge in [0, 0.05) is 11.8 Å². The van der Waals surface area contributed by atoms with Gasteiger partial charge in [0.2, 0.25) is 0 Å². The molecule has 4 rings (SSSR count). The smallest absolute Gasteiger partial charge is 0.335 e. The Morgan fingerprint density at radius 2 is 1.68 bits per heavy atom. The van der Waals surface area contributed by atoms with Crippen molar-refractivity contribution in [3.8, 4) is 16.9 Å². The number of carbonyl (C=O) groups is 1. The first kappa shape index (κ1) is 19.0. The zero-order valence-corrected chi connectivity index (χ0v) is 13.6. The summed E-state index contributed by atoms with van der Waals surface area (Å²) in [6, 6.07) is 10.6. The molecule has 6 nitrogen and oxygen atoms in total. The Bertz CT molecular complexity index is 1220. The normalized spacial score (nSPS) is 10.6. The Hall–Kier alpha value is -3.81. The van der Waals surface area contributed by atoms with Crippen LogP contribution in [0.1, 0.15) is 17.8 Å². The molecule has 28 heavy (non-hydrogen) atoms. The molecule has 0 fully saturated rings. The maximum absolute atomic E-state index is 14.3. The molecule has 0 amide bonds. The third-order valence-corrected chi connectivity index (χ3v) is 4.16. The van der Waals surface area contributed by atoms with E-state index in [1.54, 1.807) is 0 Å². The molecule has 2 aromatic heterocycles. The fraction of sp³-hybridized carbons (Fsp3) is 0.0500. The number of aromatic nitrogens is 3. The van der Waals surface area contributed by atoms with E-state index in [9.17, 15) is 18.4 Å². The lowest BCUT2D eigenvalue weighted by Gasteiger charge is -2.06. The van der Waals surface area contributed by atoms with E-state index in [1.165, 1.54) is 42.6 Å². The number of carboxylic acids is 1. The van der Waals surface area contributed by atoms with Crippen molar-refractivity contribution in [2.75, 3.05) is 0 Å². The van der Waals surface area contributed by atoms with Crippen LogP contribution in [0, 0.1) is 11.6 Å². The molecule has 2 N–H and O–H groups in total. The highest BCUT2D eigenvalue weighted by atomic mass is 19.1. The van der Waals surface area contributed by atoms with Crippen molar-refractivity contribution >= 4 is 16.9 Å². The highest BCUT2D eigenvalue weighted by molar-refractivity contribution is 5.94. The van der Waals surface area contributed by atoms with Crippen LogP contribution in [0.15, 0.2) is 59.5 Å². The van der Waals surface area contributed by atoms with Crippen LogP contribution in [0.4, 0.5) is 8.78 Å². The van der Waals surface area contributed by atoms with Gasteiger partial charge in [-0.05, 0) is 30.3 Å². The Morgan fingerprint density at radius 3 is 2.29 bits per heavy atom. The lowest BCUT2D eigenvalue weighted by Crippen LogP contribution is -2.06. The van der Waals surface area contributed by atoms with E-state index in [-0.39, 0.29) is 29.6 Å². The van der Waals surface area contributed by atoms with E-state index in [1.807, 2.05) is 0 Å². The van der Waals surface area contributed by atoms with E-state index in [0.717, 1.165) is 16.8 Å². The van der Waals surface area contributed by atoms with E-state index < -0.39 is 28.9 Å². The number of aromatic carboxylic acids is 1.